The minimum atomic E-state index is -0.219. The zero-order chi connectivity index (χ0) is 17.9. The number of fused-ring (bicyclic) bond motifs is 1. The maximum absolute atomic E-state index is 12.9. The SMILES string of the molecule is O=C(Nc1cccnc1)c1[nH]c2ccc(Cl)cc2c1Sc1ccccc1. The van der Waals surface area contributed by atoms with Crippen LogP contribution in [-0.4, -0.2) is 15.9 Å². The number of H-pyrrole nitrogens is 1. The molecule has 0 atom stereocenters. The van der Waals surface area contributed by atoms with Gasteiger partial charge in [0.1, 0.15) is 5.69 Å². The molecule has 2 N–H and O–H groups in total. The summed E-state index contributed by atoms with van der Waals surface area (Å²) in [6.07, 6.45) is 3.28. The van der Waals surface area contributed by atoms with Crippen molar-refractivity contribution in [2.45, 2.75) is 9.79 Å². The van der Waals surface area contributed by atoms with Gasteiger partial charge < -0.3 is 10.3 Å². The summed E-state index contributed by atoms with van der Waals surface area (Å²) in [5.41, 5.74) is 2.01. The fraction of sp³-hybridized carbons (Fsp3) is 0. The summed E-state index contributed by atoms with van der Waals surface area (Å²) in [6.45, 7) is 0. The number of hydrogen-bond donors (Lipinski definition) is 2. The first-order valence-corrected chi connectivity index (χ1v) is 9.15. The molecule has 0 aliphatic heterocycles. The van der Waals surface area contributed by atoms with Crippen molar-refractivity contribution in [3.8, 4) is 0 Å². The summed E-state index contributed by atoms with van der Waals surface area (Å²) >= 11 is 7.71. The van der Waals surface area contributed by atoms with Crippen LogP contribution < -0.4 is 5.32 Å². The van der Waals surface area contributed by atoms with Crippen molar-refractivity contribution in [1.82, 2.24) is 9.97 Å². The van der Waals surface area contributed by atoms with Gasteiger partial charge in [-0.2, -0.15) is 0 Å². The van der Waals surface area contributed by atoms with Crippen LogP contribution in [0.1, 0.15) is 10.5 Å². The van der Waals surface area contributed by atoms with Crippen LogP contribution in [-0.2, 0) is 0 Å². The van der Waals surface area contributed by atoms with Gasteiger partial charge in [0.25, 0.3) is 5.91 Å². The van der Waals surface area contributed by atoms with Gasteiger partial charge in [-0.3, -0.25) is 9.78 Å². The van der Waals surface area contributed by atoms with Crippen LogP contribution in [0.15, 0.2) is 82.8 Å². The molecule has 0 saturated heterocycles. The Bertz CT molecular complexity index is 1060. The fourth-order valence-corrected chi connectivity index (χ4v) is 3.87. The number of aromatic amines is 1. The number of carbonyl (C=O) groups is 1. The standard InChI is InChI=1S/C20H14ClN3OS/c21-13-8-9-17-16(11-13)19(26-15-6-2-1-3-7-15)18(24-17)20(25)23-14-5-4-10-22-12-14/h1-12,24H,(H,23,25). The highest BCUT2D eigenvalue weighted by Crippen LogP contribution is 2.38. The quantitative estimate of drug-likeness (QED) is 0.483. The van der Waals surface area contributed by atoms with Crippen molar-refractivity contribution < 1.29 is 4.79 Å². The first kappa shape index (κ1) is 16.7. The van der Waals surface area contributed by atoms with Gasteiger partial charge in [-0.15, -0.1) is 0 Å². The number of pyridine rings is 1. The highest BCUT2D eigenvalue weighted by Gasteiger charge is 2.19. The molecule has 2 aromatic heterocycles. The van der Waals surface area contributed by atoms with E-state index in [0.717, 1.165) is 20.7 Å². The van der Waals surface area contributed by atoms with Crippen LogP contribution >= 0.6 is 23.4 Å². The van der Waals surface area contributed by atoms with Crippen LogP contribution in [0.5, 0.6) is 0 Å². The molecule has 2 aromatic carbocycles. The molecule has 2 heterocycles. The lowest BCUT2D eigenvalue weighted by Crippen LogP contribution is -2.13. The minimum absolute atomic E-state index is 0.219. The van der Waals surface area contributed by atoms with Gasteiger partial charge in [0, 0.05) is 27.0 Å². The smallest absolute Gasteiger partial charge is 0.273 e. The Kier molecular flexibility index (Phi) is 4.65. The van der Waals surface area contributed by atoms with Crippen LogP contribution in [0.3, 0.4) is 0 Å². The molecule has 1 amide bonds. The van der Waals surface area contributed by atoms with Gasteiger partial charge >= 0.3 is 0 Å². The minimum Gasteiger partial charge on any atom is -0.350 e. The number of amides is 1. The summed E-state index contributed by atoms with van der Waals surface area (Å²) in [4.78, 5) is 22.0. The molecule has 0 saturated carbocycles. The predicted molar refractivity (Wildman–Crippen MR) is 106 cm³/mol. The highest BCUT2D eigenvalue weighted by atomic mass is 35.5. The maximum Gasteiger partial charge on any atom is 0.273 e. The molecule has 6 heteroatoms. The Morgan fingerprint density at radius 2 is 1.92 bits per heavy atom. The molecular formula is C20H14ClN3OS. The number of benzene rings is 2. The second-order valence-corrected chi connectivity index (χ2v) is 7.15. The van der Waals surface area contributed by atoms with Crippen molar-refractivity contribution in [1.29, 1.82) is 0 Å². The topological polar surface area (TPSA) is 57.8 Å². The highest BCUT2D eigenvalue weighted by molar-refractivity contribution is 7.99. The first-order valence-electron chi connectivity index (χ1n) is 7.96. The average Bonchev–Trinajstić information content (AvgIpc) is 3.01. The van der Waals surface area contributed by atoms with E-state index in [4.69, 9.17) is 11.6 Å². The third-order valence-electron chi connectivity index (χ3n) is 3.82. The summed E-state index contributed by atoms with van der Waals surface area (Å²) in [5, 5.41) is 4.43. The molecule has 128 valence electrons. The van der Waals surface area contributed by atoms with E-state index in [-0.39, 0.29) is 5.91 Å². The van der Waals surface area contributed by atoms with Crippen molar-refractivity contribution in [3.05, 3.63) is 83.8 Å². The van der Waals surface area contributed by atoms with Crippen LogP contribution in [0, 0.1) is 0 Å². The predicted octanol–water partition coefficient (Wildman–Crippen LogP) is 5.62. The summed E-state index contributed by atoms with van der Waals surface area (Å²) < 4.78 is 0. The normalized spacial score (nSPS) is 10.8. The van der Waals surface area contributed by atoms with E-state index in [1.807, 2.05) is 42.5 Å². The molecule has 0 aliphatic carbocycles. The van der Waals surface area contributed by atoms with Crippen LogP contribution in [0.4, 0.5) is 5.69 Å². The third kappa shape index (κ3) is 3.45. The Morgan fingerprint density at radius 1 is 1.08 bits per heavy atom. The molecule has 26 heavy (non-hydrogen) atoms. The summed E-state index contributed by atoms with van der Waals surface area (Å²) in [5.74, 6) is -0.219. The van der Waals surface area contributed by atoms with Crippen LogP contribution in [0.25, 0.3) is 10.9 Å². The number of halogens is 1. The number of carbonyl (C=O) groups excluding carboxylic acids is 1. The lowest BCUT2D eigenvalue weighted by atomic mass is 10.2. The van der Waals surface area contributed by atoms with Crippen molar-refractivity contribution in [2.24, 2.45) is 0 Å². The van der Waals surface area contributed by atoms with Crippen molar-refractivity contribution in [3.63, 3.8) is 0 Å². The lowest BCUT2D eigenvalue weighted by Gasteiger charge is -2.06. The first-order chi connectivity index (χ1) is 12.7. The second kappa shape index (κ2) is 7.23. The van der Waals surface area contributed by atoms with Gasteiger partial charge in [0.2, 0.25) is 0 Å². The van der Waals surface area contributed by atoms with E-state index >= 15 is 0 Å². The van der Waals surface area contributed by atoms with Gasteiger partial charge in [0.05, 0.1) is 16.8 Å². The van der Waals surface area contributed by atoms with E-state index in [9.17, 15) is 4.79 Å². The number of hydrogen-bond acceptors (Lipinski definition) is 3. The molecule has 0 bridgehead atoms. The van der Waals surface area contributed by atoms with E-state index < -0.39 is 0 Å². The Hall–Kier alpha value is -2.76. The molecule has 0 aliphatic rings. The largest absolute Gasteiger partial charge is 0.350 e. The van der Waals surface area contributed by atoms with Crippen LogP contribution in [0.2, 0.25) is 5.02 Å². The zero-order valence-corrected chi connectivity index (χ0v) is 15.1. The van der Waals surface area contributed by atoms with E-state index in [1.54, 1.807) is 30.6 Å². The molecule has 0 radical (unpaired) electrons. The van der Waals surface area contributed by atoms with Crippen molar-refractivity contribution in [2.75, 3.05) is 5.32 Å². The lowest BCUT2D eigenvalue weighted by molar-refractivity contribution is 0.102. The number of anilines is 1. The van der Waals surface area contributed by atoms with Crippen molar-refractivity contribution >= 4 is 45.9 Å². The fourth-order valence-electron chi connectivity index (χ4n) is 2.64. The van der Waals surface area contributed by atoms with Gasteiger partial charge in [0.15, 0.2) is 0 Å². The number of nitrogens with zero attached hydrogens (tertiary/aromatic N) is 1. The number of nitrogens with one attached hydrogen (secondary N) is 2. The Labute approximate surface area is 159 Å². The van der Waals surface area contributed by atoms with Gasteiger partial charge in [-0.05, 0) is 42.5 Å². The maximum atomic E-state index is 12.9. The third-order valence-corrected chi connectivity index (χ3v) is 5.19. The average molecular weight is 380 g/mol. The monoisotopic (exact) mass is 379 g/mol. The molecule has 0 fully saturated rings. The molecular weight excluding hydrogens is 366 g/mol. The molecule has 0 spiro atoms. The Morgan fingerprint density at radius 3 is 2.69 bits per heavy atom. The molecule has 4 nitrogen and oxygen atoms in total. The van der Waals surface area contributed by atoms with E-state index in [0.29, 0.717) is 16.4 Å². The zero-order valence-electron chi connectivity index (χ0n) is 13.6. The molecule has 4 rings (SSSR count). The molecule has 0 unspecified atom stereocenters. The van der Waals surface area contributed by atoms with Gasteiger partial charge in [-0.1, -0.05) is 41.6 Å². The van der Waals surface area contributed by atoms with E-state index in [1.165, 1.54) is 11.8 Å². The Balaban J connectivity index is 1.77. The number of aromatic nitrogens is 2. The van der Waals surface area contributed by atoms with E-state index in [2.05, 4.69) is 15.3 Å². The number of rotatable bonds is 4. The molecule has 4 aromatic rings. The van der Waals surface area contributed by atoms with Gasteiger partial charge in [-0.25, -0.2) is 0 Å². The second-order valence-electron chi connectivity index (χ2n) is 5.63. The summed E-state index contributed by atoms with van der Waals surface area (Å²) in [7, 11) is 0. The summed E-state index contributed by atoms with van der Waals surface area (Å²) in [6, 6.07) is 19.1.